The molecule has 0 unspecified atom stereocenters. The third-order valence-electron chi connectivity index (χ3n) is 5.15. The summed E-state index contributed by atoms with van der Waals surface area (Å²) in [5.74, 6) is -0.136. The van der Waals surface area contributed by atoms with Crippen molar-refractivity contribution in [2.75, 3.05) is 19.3 Å². The topological polar surface area (TPSA) is 62.6 Å². The number of benzene rings is 1. The maximum Gasteiger partial charge on any atom is 0.238 e. The van der Waals surface area contributed by atoms with Crippen LogP contribution < -0.4 is 0 Å². The van der Waals surface area contributed by atoms with Gasteiger partial charge < -0.3 is 9.47 Å². The first-order chi connectivity index (χ1) is 12.4. The van der Waals surface area contributed by atoms with Crippen LogP contribution in [0.1, 0.15) is 30.1 Å². The molecule has 1 atom stereocenters. The van der Waals surface area contributed by atoms with Gasteiger partial charge >= 0.3 is 0 Å². The van der Waals surface area contributed by atoms with E-state index in [-0.39, 0.29) is 24.5 Å². The SMILES string of the molecule is CS(=O)(=O)N(CC(=O)N1CCn2cccc2[C@@H]1c1ccccc1)C1CC1. The average Bonchev–Trinajstić information content (AvgIpc) is 3.34. The molecule has 4 rings (SSSR count). The Bertz CT molecular complexity index is 903. The number of carbonyl (C=O) groups excluding carboxylic acids is 1. The predicted molar refractivity (Wildman–Crippen MR) is 99.0 cm³/mol. The minimum Gasteiger partial charge on any atom is -0.348 e. The van der Waals surface area contributed by atoms with Crippen LogP contribution in [0.5, 0.6) is 0 Å². The number of carbonyl (C=O) groups is 1. The molecule has 0 N–H and O–H groups in total. The number of hydrogen-bond donors (Lipinski definition) is 0. The highest BCUT2D eigenvalue weighted by atomic mass is 32.2. The number of hydrogen-bond acceptors (Lipinski definition) is 3. The van der Waals surface area contributed by atoms with E-state index in [2.05, 4.69) is 4.57 Å². The van der Waals surface area contributed by atoms with Crippen molar-refractivity contribution in [3.63, 3.8) is 0 Å². The molecule has 2 aromatic rings. The van der Waals surface area contributed by atoms with Gasteiger partial charge in [-0.1, -0.05) is 30.3 Å². The zero-order chi connectivity index (χ0) is 18.3. The van der Waals surface area contributed by atoms with E-state index in [4.69, 9.17) is 0 Å². The number of nitrogens with zero attached hydrogens (tertiary/aromatic N) is 3. The highest BCUT2D eigenvalue weighted by Gasteiger charge is 2.39. The van der Waals surface area contributed by atoms with E-state index in [0.29, 0.717) is 6.54 Å². The molecule has 1 aliphatic carbocycles. The van der Waals surface area contributed by atoms with Crippen LogP contribution in [-0.4, -0.2) is 53.5 Å². The van der Waals surface area contributed by atoms with Crippen LogP contribution in [0.4, 0.5) is 0 Å². The Labute approximate surface area is 154 Å². The lowest BCUT2D eigenvalue weighted by atomic mass is 10.00. The highest BCUT2D eigenvalue weighted by molar-refractivity contribution is 7.88. The van der Waals surface area contributed by atoms with Gasteiger partial charge in [-0.25, -0.2) is 8.42 Å². The van der Waals surface area contributed by atoms with Crippen LogP contribution in [0.25, 0.3) is 0 Å². The van der Waals surface area contributed by atoms with Crippen LogP contribution in [0, 0.1) is 0 Å². The monoisotopic (exact) mass is 373 g/mol. The van der Waals surface area contributed by atoms with E-state index in [1.807, 2.05) is 53.6 Å². The van der Waals surface area contributed by atoms with Crippen molar-refractivity contribution < 1.29 is 13.2 Å². The van der Waals surface area contributed by atoms with Gasteiger partial charge in [-0.15, -0.1) is 0 Å². The fraction of sp³-hybridized carbons (Fsp3) is 0.421. The van der Waals surface area contributed by atoms with Crippen LogP contribution in [0.3, 0.4) is 0 Å². The Morgan fingerprint density at radius 1 is 1.12 bits per heavy atom. The third-order valence-corrected chi connectivity index (χ3v) is 6.42. The van der Waals surface area contributed by atoms with Gasteiger partial charge in [0.2, 0.25) is 15.9 Å². The van der Waals surface area contributed by atoms with Gasteiger partial charge in [0, 0.05) is 31.0 Å². The molecule has 0 saturated heterocycles. The molecule has 1 aromatic heterocycles. The van der Waals surface area contributed by atoms with Gasteiger partial charge in [-0.05, 0) is 30.5 Å². The smallest absolute Gasteiger partial charge is 0.238 e. The standard InChI is InChI=1S/C19H23N3O3S/c1-26(24,25)22(16-9-10-16)14-18(23)21-13-12-20-11-5-8-17(20)19(21)15-6-3-2-4-7-15/h2-8,11,16,19H,9-10,12-14H2,1H3/t19-/m0/s1. The van der Waals surface area contributed by atoms with E-state index >= 15 is 0 Å². The summed E-state index contributed by atoms with van der Waals surface area (Å²) >= 11 is 0. The Balaban J connectivity index is 1.65. The molecule has 1 saturated carbocycles. The lowest BCUT2D eigenvalue weighted by molar-refractivity contribution is -0.134. The molecule has 26 heavy (non-hydrogen) atoms. The summed E-state index contributed by atoms with van der Waals surface area (Å²) in [7, 11) is -3.39. The first kappa shape index (κ1) is 17.3. The molecule has 2 aliphatic rings. The molecule has 6 nitrogen and oxygen atoms in total. The molecule has 0 spiro atoms. The van der Waals surface area contributed by atoms with Crippen molar-refractivity contribution in [1.29, 1.82) is 0 Å². The minimum atomic E-state index is -3.39. The van der Waals surface area contributed by atoms with Crippen molar-refractivity contribution >= 4 is 15.9 Å². The lowest BCUT2D eigenvalue weighted by Crippen LogP contribution is -2.48. The van der Waals surface area contributed by atoms with E-state index < -0.39 is 10.0 Å². The molecule has 2 heterocycles. The van der Waals surface area contributed by atoms with Crippen molar-refractivity contribution in [2.45, 2.75) is 31.5 Å². The van der Waals surface area contributed by atoms with Crippen LogP contribution >= 0.6 is 0 Å². The molecular weight excluding hydrogens is 350 g/mol. The second kappa shape index (κ2) is 6.55. The quantitative estimate of drug-likeness (QED) is 0.803. The summed E-state index contributed by atoms with van der Waals surface area (Å²) in [4.78, 5) is 14.9. The van der Waals surface area contributed by atoms with E-state index in [1.54, 1.807) is 0 Å². The van der Waals surface area contributed by atoms with Gasteiger partial charge in [0.15, 0.2) is 0 Å². The fourth-order valence-corrected chi connectivity index (χ4v) is 4.84. The molecule has 1 fully saturated rings. The molecule has 1 aromatic carbocycles. The molecule has 0 radical (unpaired) electrons. The number of amides is 1. The summed E-state index contributed by atoms with van der Waals surface area (Å²) in [6.07, 6.45) is 4.89. The molecule has 1 aliphatic heterocycles. The Morgan fingerprint density at radius 3 is 2.50 bits per heavy atom. The Kier molecular flexibility index (Phi) is 4.36. The van der Waals surface area contributed by atoms with Gasteiger partial charge in [-0.2, -0.15) is 4.31 Å². The molecule has 7 heteroatoms. The second-order valence-corrected chi connectivity index (χ2v) is 9.00. The normalized spacial score (nSPS) is 20.2. The molecular formula is C19H23N3O3S. The summed E-state index contributed by atoms with van der Waals surface area (Å²) < 4.78 is 27.7. The number of aromatic nitrogens is 1. The van der Waals surface area contributed by atoms with Crippen molar-refractivity contribution in [1.82, 2.24) is 13.8 Å². The highest BCUT2D eigenvalue weighted by Crippen LogP contribution is 2.34. The Hall–Kier alpha value is -2.12. The maximum absolute atomic E-state index is 13.1. The second-order valence-electron chi connectivity index (χ2n) is 7.07. The molecule has 0 bridgehead atoms. The summed E-state index contributed by atoms with van der Waals surface area (Å²) in [6.45, 7) is 1.22. The van der Waals surface area contributed by atoms with Gasteiger partial charge in [0.05, 0.1) is 18.8 Å². The first-order valence-electron chi connectivity index (χ1n) is 8.91. The van der Waals surface area contributed by atoms with Crippen molar-refractivity contribution in [2.24, 2.45) is 0 Å². The van der Waals surface area contributed by atoms with Crippen LogP contribution in [-0.2, 0) is 21.4 Å². The third kappa shape index (κ3) is 3.29. The van der Waals surface area contributed by atoms with E-state index in [0.717, 1.165) is 30.6 Å². The zero-order valence-electron chi connectivity index (χ0n) is 14.8. The van der Waals surface area contributed by atoms with Gasteiger partial charge in [0.1, 0.15) is 0 Å². The molecule has 1 amide bonds. The number of fused-ring (bicyclic) bond motifs is 1. The largest absolute Gasteiger partial charge is 0.348 e. The Morgan fingerprint density at radius 2 is 1.85 bits per heavy atom. The average molecular weight is 373 g/mol. The van der Waals surface area contributed by atoms with E-state index in [9.17, 15) is 13.2 Å². The van der Waals surface area contributed by atoms with Gasteiger partial charge in [0.25, 0.3) is 0 Å². The zero-order valence-corrected chi connectivity index (χ0v) is 15.6. The van der Waals surface area contributed by atoms with Crippen LogP contribution in [0.2, 0.25) is 0 Å². The minimum absolute atomic E-state index is 0.0159. The van der Waals surface area contributed by atoms with Crippen LogP contribution in [0.15, 0.2) is 48.7 Å². The van der Waals surface area contributed by atoms with Crippen molar-refractivity contribution in [3.05, 3.63) is 59.9 Å². The fourth-order valence-electron chi connectivity index (χ4n) is 3.74. The predicted octanol–water partition coefficient (Wildman–Crippen LogP) is 1.84. The van der Waals surface area contributed by atoms with Gasteiger partial charge in [-0.3, -0.25) is 4.79 Å². The number of sulfonamides is 1. The van der Waals surface area contributed by atoms with E-state index in [1.165, 1.54) is 10.6 Å². The first-order valence-corrected chi connectivity index (χ1v) is 10.8. The summed E-state index contributed by atoms with van der Waals surface area (Å²) in [6, 6.07) is 13.7. The lowest BCUT2D eigenvalue weighted by Gasteiger charge is -2.38. The molecule has 138 valence electrons. The van der Waals surface area contributed by atoms with Crippen molar-refractivity contribution in [3.8, 4) is 0 Å². The summed E-state index contributed by atoms with van der Waals surface area (Å²) in [5, 5.41) is 0. The summed E-state index contributed by atoms with van der Waals surface area (Å²) in [5.41, 5.74) is 2.10. The maximum atomic E-state index is 13.1. The number of rotatable bonds is 5.